The van der Waals surface area contributed by atoms with Crippen LogP contribution in [0.15, 0.2) is 11.3 Å². The SMILES string of the molecule is CCC1CC(C(=O)OC)=C(C(=O)OC)OC1O. The molecule has 0 aliphatic carbocycles. The largest absolute Gasteiger partial charge is 0.466 e. The molecule has 1 aliphatic heterocycles. The van der Waals surface area contributed by atoms with E-state index in [9.17, 15) is 14.7 Å². The van der Waals surface area contributed by atoms with Crippen molar-refractivity contribution in [2.45, 2.75) is 26.1 Å². The molecule has 0 saturated carbocycles. The highest BCUT2D eigenvalue weighted by molar-refractivity contribution is 5.99. The second kappa shape index (κ2) is 5.67. The van der Waals surface area contributed by atoms with E-state index in [2.05, 4.69) is 9.47 Å². The Hall–Kier alpha value is -1.56. The summed E-state index contributed by atoms with van der Waals surface area (Å²) in [7, 11) is 2.39. The Morgan fingerprint density at radius 2 is 1.94 bits per heavy atom. The first-order chi connectivity index (χ1) is 8.04. The van der Waals surface area contributed by atoms with Gasteiger partial charge in [0.25, 0.3) is 0 Å². The fourth-order valence-corrected chi connectivity index (χ4v) is 1.65. The number of rotatable bonds is 3. The van der Waals surface area contributed by atoms with Gasteiger partial charge in [-0.2, -0.15) is 0 Å². The molecular weight excluding hydrogens is 228 g/mol. The van der Waals surface area contributed by atoms with Crippen LogP contribution < -0.4 is 0 Å². The van der Waals surface area contributed by atoms with Crippen molar-refractivity contribution in [1.82, 2.24) is 0 Å². The van der Waals surface area contributed by atoms with E-state index in [0.29, 0.717) is 6.42 Å². The molecule has 0 spiro atoms. The first kappa shape index (κ1) is 13.5. The molecule has 0 aromatic carbocycles. The third-order valence-electron chi connectivity index (χ3n) is 2.71. The van der Waals surface area contributed by atoms with Crippen LogP contribution >= 0.6 is 0 Å². The van der Waals surface area contributed by atoms with Crippen LogP contribution in [-0.2, 0) is 23.8 Å². The molecule has 2 atom stereocenters. The summed E-state index contributed by atoms with van der Waals surface area (Å²) in [4.78, 5) is 22.9. The molecule has 1 rings (SSSR count). The van der Waals surface area contributed by atoms with E-state index < -0.39 is 18.2 Å². The molecular formula is C11H16O6. The lowest BCUT2D eigenvalue weighted by molar-refractivity contribution is -0.160. The summed E-state index contributed by atoms with van der Waals surface area (Å²) in [5.41, 5.74) is 0.108. The van der Waals surface area contributed by atoms with E-state index in [1.807, 2.05) is 6.92 Å². The van der Waals surface area contributed by atoms with E-state index in [-0.39, 0.29) is 23.7 Å². The van der Waals surface area contributed by atoms with Gasteiger partial charge in [-0.05, 0) is 12.8 Å². The molecule has 0 aromatic rings. The zero-order valence-electron chi connectivity index (χ0n) is 10.1. The van der Waals surface area contributed by atoms with Crippen LogP contribution in [0.3, 0.4) is 0 Å². The highest BCUT2D eigenvalue weighted by atomic mass is 16.6. The van der Waals surface area contributed by atoms with Gasteiger partial charge in [0.05, 0.1) is 19.8 Å². The van der Waals surface area contributed by atoms with Crippen molar-refractivity contribution in [2.24, 2.45) is 5.92 Å². The predicted molar refractivity (Wildman–Crippen MR) is 56.5 cm³/mol. The lowest BCUT2D eigenvalue weighted by Crippen LogP contribution is -2.33. The van der Waals surface area contributed by atoms with Gasteiger partial charge >= 0.3 is 11.9 Å². The standard InChI is InChI=1S/C11H16O6/c1-4-6-5-7(10(13)15-2)8(11(14)16-3)17-9(6)12/h6,9,12H,4-5H2,1-3H3. The molecule has 1 N–H and O–H groups in total. The van der Waals surface area contributed by atoms with Gasteiger partial charge in [0.15, 0.2) is 0 Å². The predicted octanol–water partition coefficient (Wildman–Crippen LogP) is 0.351. The van der Waals surface area contributed by atoms with Gasteiger partial charge in [0, 0.05) is 5.92 Å². The normalized spacial score (nSPS) is 24.0. The van der Waals surface area contributed by atoms with E-state index in [0.717, 1.165) is 0 Å². The van der Waals surface area contributed by atoms with Gasteiger partial charge in [-0.25, -0.2) is 9.59 Å². The maximum Gasteiger partial charge on any atom is 0.374 e. The number of hydrogen-bond donors (Lipinski definition) is 1. The average Bonchev–Trinajstić information content (AvgIpc) is 2.36. The highest BCUT2D eigenvalue weighted by Crippen LogP contribution is 2.30. The number of methoxy groups -OCH3 is 2. The second-order valence-electron chi connectivity index (χ2n) is 3.67. The van der Waals surface area contributed by atoms with Crippen LogP contribution in [0.5, 0.6) is 0 Å². The van der Waals surface area contributed by atoms with E-state index >= 15 is 0 Å². The van der Waals surface area contributed by atoms with Crippen LogP contribution in [0.2, 0.25) is 0 Å². The van der Waals surface area contributed by atoms with Crippen molar-refractivity contribution < 1.29 is 28.9 Å². The molecule has 6 heteroatoms. The van der Waals surface area contributed by atoms with Gasteiger partial charge in [0.2, 0.25) is 12.0 Å². The minimum Gasteiger partial charge on any atom is -0.466 e. The Balaban J connectivity index is 3.08. The smallest absolute Gasteiger partial charge is 0.374 e. The first-order valence-electron chi connectivity index (χ1n) is 5.29. The average molecular weight is 244 g/mol. The molecule has 0 radical (unpaired) electrons. The number of aliphatic hydroxyl groups is 1. The molecule has 0 fully saturated rings. The molecule has 17 heavy (non-hydrogen) atoms. The fourth-order valence-electron chi connectivity index (χ4n) is 1.65. The van der Waals surface area contributed by atoms with Gasteiger partial charge in [-0.1, -0.05) is 6.92 Å². The fraction of sp³-hybridized carbons (Fsp3) is 0.636. The third-order valence-corrected chi connectivity index (χ3v) is 2.71. The zero-order valence-corrected chi connectivity index (χ0v) is 10.1. The summed E-state index contributed by atoms with van der Waals surface area (Å²) in [6.45, 7) is 1.86. The summed E-state index contributed by atoms with van der Waals surface area (Å²) < 4.78 is 14.1. The molecule has 0 saturated heterocycles. The van der Waals surface area contributed by atoms with Crippen molar-refractivity contribution in [3.8, 4) is 0 Å². The molecule has 1 heterocycles. The van der Waals surface area contributed by atoms with Crippen LogP contribution in [-0.4, -0.2) is 37.6 Å². The Labute approximate surface area is 99.2 Å². The minimum atomic E-state index is -1.11. The quantitative estimate of drug-likeness (QED) is 0.721. The molecule has 96 valence electrons. The number of hydrogen-bond acceptors (Lipinski definition) is 6. The van der Waals surface area contributed by atoms with Gasteiger partial charge in [-0.15, -0.1) is 0 Å². The van der Waals surface area contributed by atoms with Crippen LogP contribution in [0, 0.1) is 5.92 Å². The third kappa shape index (κ3) is 2.76. The molecule has 1 aliphatic rings. The van der Waals surface area contributed by atoms with Gasteiger partial charge in [-0.3, -0.25) is 0 Å². The molecule has 2 unspecified atom stereocenters. The highest BCUT2D eigenvalue weighted by Gasteiger charge is 2.36. The Kier molecular flexibility index (Phi) is 4.51. The Morgan fingerprint density at radius 1 is 1.35 bits per heavy atom. The molecule has 0 bridgehead atoms. The van der Waals surface area contributed by atoms with Crippen molar-refractivity contribution in [3.63, 3.8) is 0 Å². The maximum atomic E-state index is 11.5. The number of carbonyl (C=O) groups excluding carboxylic acids is 2. The zero-order chi connectivity index (χ0) is 13.0. The van der Waals surface area contributed by atoms with Crippen LogP contribution in [0.4, 0.5) is 0 Å². The number of esters is 2. The number of ether oxygens (including phenoxy) is 3. The maximum absolute atomic E-state index is 11.5. The van der Waals surface area contributed by atoms with Crippen LogP contribution in [0.25, 0.3) is 0 Å². The second-order valence-corrected chi connectivity index (χ2v) is 3.67. The van der Waals surface area contributed by atoms with Crippen molar-refractivity contribution in [2.75, 3.05) is 14.2 Å². The summed E-state index contributed by atoms with van der Waals surface area (Å²) in [6.07, 6.45) is -0.257. The van der Waals surface area contributed by atoms with Crippen molar-refractivity contribution in [1.29, 1.82) is 0 Å². The minimum absolute atomic E-state index is 0.108. The van der Waals surface area contributed by atoms with Crippen molar-refractivity contribution >= 4 is 11.9 Å². The summed E-state index contributed by atoms with van der Waals surface area (Å²) in [5, 5.41) is 9.64. The number of carbonyl (C=O) groups is 2. The molecule has 0 amide bonds. The number of aliphatic hydroxyl groups excluding tert-OH is 1. The Bertz CT molecular complexity index is 346. The topological polar surface area (TPSA) is 82.1 Å². The summed E-state index contributed by atoms with van der Waals surface area (Å²) >= 11 is 0. The van der Waals surface area contributed by atoms with Gasteiger partial charge < -0.3 is 19.3 Å². The first-order valence-corrected chi connectivity index (χ1v) is 5.29. The molecule has 6 nitrogen and oxygen atoms in total. The monoisotopic (exact) mass is 244 g/mol. The summed E-state index contributed by atoms with van der Waals surface area (Å²) in [5.74, 6) is -1.94. The van der Waals surface area contributed by atoms with E-state index in [1.54, 1.807) is 0 Å². The lowest BCUT2D eigenvalue weighted by atomic mass is 9.93. The van der Waals surface area contributed by atoms with E-state index in [1.165, 1.54) is 14.2 Å². The Morgan fingerprint density at radius 3 is 2.41 bits per heavy atom. The summed E-state index contributed by atoms with van der Waals surface area (Å²) in [6, 6.07) is 0. The lowest BCUT2D eigenvalue weighted by Gasteiger charge is -2.29. The molecule has 0 aromatic heterocycles. The van der Waals surface area contributed by atoms with Crippen molar-refractivity contribution in [3.05, 3.63) is 11.3 Å². The van der Waals surface area contributed by atoms with Crippen LogP contribution in [0.1, 0.15) is 19.8 Å². The van der Waals surface area contributed by atoms with E-state index in [4.69, 9.17) is 4.74 Å². The van der Waals surface area contributed by atoms with Gasteiger partial charge in [0.1, 0.15) is 0 Å².